The highest BCUT2D eigenvalue weighted by Gasteiger charge is 2.19. The second-order valence-electron chi connectivity index (χ2n) is 7.02. The molecule has 0 aliphatic heterocycles. The van der Waals surface area contributed by atoms with Crippen molar-refractivity contribution in [2.45, 2.75) is 6.04 Å². The Hall–Kier alpha value is -3.24. The minimum Gasteiger partial charge on any atom is -0.346 e. The van der Waals surface area contributed by atoms with Crippen molar-refractivity contribution in [3.8, 4) is 0 Å². The molecule has 0 aromatic heterocycles. The van der Waals surface area contributed by atoms with Gasteiger partial charge in [0, 0.05) is 22.3 Å². The van der Waals surface area contributed by atoms with Gasteiger partial charge in [-0.2, -0.15) is 0 Å². The van der Waals surface area contributed by atoms with Gasteiger partial charge < -0.3 is 10.2 Å². The number of likely N-dealkylation sites (N-methyl/N-ethyl adjacent to an activating group) is 1. The summed E-state index contributed by atoms with van der Waals surface area (Å²) in [5.41, 5.74) is 2.94. The second-order valence-corrected chi connectivity index (χ2v) is 7.02. The quantitative estimate of drug-likeness (QED) is 0.626. The van der Waals surface area contributed by atoms with Crippen molar-refractivity contribution >= 4 is 11.7 Å². The summed E-state index contributed by atoms with van der Waals surface area (Å²) in [6, 6.07) is 26.3. The Morgan fingerprint density at radius 3 is 1.82 bits per heavy atom. The number of quaternary nitrogens is 1. The molecule has 4 nitrogen and oxygen atoms in total. The zero-order chi connectivity index (χ0) is 19.9. The zero-order valence-electron chi connectivity index (χ0n) is 16.2. The van der Waals surface area contributed by atoms with Gasteiger partial charge in [0.15, 0.2) is 5.78 Å². The number of nitrogens with one attached hydrogen (secondary N) is 2. The number of carbonyl (C=O) groups excluding carboxylic acids is 2. The molecule has 3 aromatic carbocycles. The molecule has 0 fully saturated rings. The van der Waals surface area contributed by atoms with Crippen LogP contribution in [0, 0.1) is 0 Å². The second kappa shape index (κ2) is 9.11. The van der Waals surface area contributed by atoms with Crippen LogP contribution in [0.4, 0.5) is 0 Å². The van der Waals surface area contributed by atoms with Gasteiger partial charge in [-0.1, -0.05) is 72.8 Å². The number of hydrogen-bond acceptors (Lipinski definition) is 2. The van der Waals surface area contributed by atoms with Crippen LogP contribution in [-0.2, 0) is 0 Å². The van der Waals surface area contributed by atoms with Crippen LogP contribution >= 0.6 is 0 Å². The monoisotopic (exact) mass is 373 g/mol. The first kappa shape index (κ1) is 19.5. The van der Waals surface area contributed by atoms with Gasteiger partial charge in [-0.15, -0.1) is 0 Å². The molecule has 0 aliphatic carbocycles. The normalized spacial score (nSPS) is 11.8. The molecule has 0 saturated carbocycles. The Bertz CT molecular complexity index is 920. The third-order valence-electron chi connectivity index (χ3n) is 4.81. The van der Waals surface area contributed by atoms with Gasteiger partial charge in [0.2, 0.25) is 0 Å². The summed E-state index contributed by atoms with van der Waals surface area (Å²) in [4.78, 5) is 26.3. The number of ketones is 1. The van der Waals surface area contributed by atoms with Crippen molar-refractivity contribution in [3.63, 3.8) is 0 Å². The Kier molecular flexibility index (Phi) is 6.35. The highest BCUT2D eigenvalue weighted by Crippen LogP contribution is 2.12. The number of hydrogen-bond donors (Lipinski definition) is 2. The molecule has 0 bridgehead atoms. The van der Waals surface area contributed by atoms with Crippen LogP contribution < -0.4 is 10.2 Å². The van der Waals surface area contributed by atoms with Gasteiger partial charge in [0.25, 0.3) is 5.91 Å². The predicted molar refractivity (Wildman–Crippen MR) is 111 cm³/mol. The lowest BCUT2D eigenvalue weighted by Crippen LogP contribution is -3.07. The lowest BCUT2D eigenvalue weighted by Gasteiger charge is -2.22. The first-order valence-electron chi connectivity index (χ1n) is 9.39. The fourth-order valence-electron chi connectivity index (χ4n) is 3.17. The molecule has 0 unspecified atom stereocenters. The topological polar surface area (TPSA) is 50.6 Å². The van der Waals surface area contributed by atoms with E-state index in [2.05, 4.69) is 31.5 Å². The minimum absolute atomic E-state index is 0.0482. The number of benzene rings is 3. The van der Waals surface area contributed by atoms with Crippen LogP contribution in [0.5, 0.6) is 0 Å². The van der Waals surface area contributed by atoms with Crippen molar-refractivity contribution < 1.29 is 14.5 Å². The number of amides is 1. The summed E-state index contributed by atoms with van der Waals surface area (Å²) in [5.74, 6) is -0.186. The van der Waals surface area contributed by atoms with E-state index in [1.54, 1.807) is 36.4 Å². The molecular weight excluding hydrogens is 348 g/mol. The number of rotatable bonds is 7. The van der Waals surface area contributed by atoms with Gasteiger partial charge in [-0.05, 0) is 12.1 Å². The Morgan fingerprint density at radius 1 is 0.750 bits per heavy atom. The third kappa shape index (κ3) is 4.72. The molecule has 0 radical (unpaired) electrons. The standard InChI is InChI=1S/C24H24N2O2/c1-26(2)22(18-9-5-3-6-10-18)17-25-24(28)21-15-13-20(14-16-21)23(27)19-11-7-4-8-12-19/h3-16,22H,17H2,1-2H3,(H,25,28)/p+1/t22-/m1/s1. The van der Waals surface area contributed by atoms with Crippen LogP contribution in [0.2, 0.25) is 0 Å². The Labute approximate surface area is 165 Å². The van der Waals surface area contributed by atoms with Crippen LogP contribution in [0.25, 0.3) is 0 Å². The summed E-state index contributed by atoms with van der Waals surface area (Å²) in [7, 11) is 4.15. The van der Waals surface area contributed by atoms with Crippen molar-refractivity contribution in [2.24, 2.45) is 0 Å². The SMILES string of the molecule is C[NH+](C)[C@H](CNC(=O)c1ccc(C(=O)c2ccccc2)cc1)c1ccccc1. The molecule has 3 aromatic rings. The average Bonchev–Trinajstić information content (AvgIpc) is 2.74. The summed E-state index contributed by atoms with van der Waals surface area (Å²) >= 11 is 0. The van der Waals surface area contributed by atoms with E-state index in [4.69, 9.17) is 0 Å². The molecular formula is C24H25N2O2+. The van der Waals surface area contributed by atoms with Gasteiger partial charge in [0.05, 0.1) is 20.6 Å². The van der Waals surface area contributed by atoms with E-state index in [0.29, 0.717) is 23.2 Å². The molecule has 2 N–H and O–H groups in total. The van der Waals surface area contributed by atoms with E-state index >= 15 is 0 Å². The molecule has 1 atom stereocenters. The van der Waals surface area contributed by atoms with Crippen LogP contribution in [0.3, 0.4) is 0 Å². The summed E-state index contributed by atoms with van der Waals surface area (Å²) in [5, 5.41) is 3.01. The fourth-order valence-corrected chi connectivity index (χ4v) is 3.17. The van der Waals surface area contributed by atoms with E-state index in [1.165, 1.54) is 10.5 Å². The third-order valence-corrected chi connectivity index (χ3v) is 4.81. The molecule has 0 heterocycles. The highest BCUT2D eigenvalue weighted by molar-refractivity contribution is 6.09. The van der Waals surface area contributed by atoms with E-state index in [1.807, 2.05) is 36.4 Å². The van der Waals surface area contributed by atoms with Crippen LogP contribution in [-0.4, -0.2) is 32.3 Å². The Balaban J connectivity index is 1.65. The summed E-state index contributed by atoms with van der Waals surface area (Å²) in [6.07, 6.45) is 0. The van der Waals surface area contributed by atoms with E-state index in [-0.39, 0.29) is 17.7 Å². The maximum atomic E-state index is 12.5. The smallest absolute Gasteiger partial charge is 0.251 e. The van der Waals surface area contributed by atoms with E-state index in [0.717, 1.165) is 0 Å². The molecule has 3 rings (SSSR count). The van der Waals surface area contributed by atoms with Crippen molar-refractivity contribution in [1.29, 1.82) is 0 Å². The average molecular weight is 373 g/mol. The maximum absolute atomic E-state index is 12.5. The molecule has 4 heteroatoms. The first-order chi connectivity index (χ1) is 13.6. The van der Waals surface area contributed by atoms with Gasteiger partial charge in [-0.25, -0.2) is 0 Å². The fraction of sp³-hybridized carbons (Fsp3) is 0.167. The van der Waals surface area contributed by atoms with Gasteiger partial charge >= 0.3 is 0 Å². The maximum Gasteiger partial charge on any atom is 0.251 e. The number of carbonyl (C=O) groups is 2. The molecule has 0 saturated heterocycles. The van der Waals surface area contributed by atoms with E-state index < -0.39 is 0 Å². The van der Waals surface area contributed by atoms with Gasteiger partial charge in [0.1, 0.15) is 6.04 Å². The predicted octanol–water partition coefficient (Wildman–Crippen LogP) is 2.53. The van der Waals surface area contributed by atoms with Crippen LogP contribution in [0.1, 0.15) is 37.9 Å². The molecule has 142 valence electrons. The van der Waals surface area contributed by atoms with Gasteiger partial charge in [-0.3, -0.25) is 9.59 Å². The van der Waals surface area contributed by atoms with Crippen molar-refractivity contribution in [3.05, 3.63) is 107 Å². The van der Waals surface area contributed by atoms with Crippen molar-refractivity contribution in [1.82, 2.24) is 5.32 Å². The largest absolute Gasteiger partial charge is 0.346 e. The molecule has 28 heavy (non-hydrogen) atoms. The Morgan fingerprint density at radius 2 is 1.25 bits per heavy atom. The zero-order valence-corrected chi connectivity index (χ0v) is 16.2. The highest BCUT2D eigenvalue weighted by atomic mass is 16.1. The first-order valence-corrected chi connectivity index (χ1v) is 9.39. The summed E-state index contributed by atoms with van der Waals surface area (Å²) < 4.78 is 0. The molecule has 0 aliphatic rings. The van der Waals surface area contributed by atoms with Crippen LogP contribution in [0.15, 0.2) is 84.9 Å². The minimum atomic E-state index is -0.138. The van der Waals surface area contributed by atoms with E-state index in [9.17, 15) is 9.59 Å². The van der Waals surface area contributed by atoms with Crippen molar-refractivity contribution in [2.75, 3.05) is 20.6 Å². The lowest BCUT2D eigenvalue weighted by atomic mass is 10.0. The molecule has 0 spiro atoms. The lowest BCUT2D eigenvalue weighted by molar-refractivity contribution is -0.890. The molecule has 1 amide bonds. The summed E-state index contributed by atoms with van der Waals surface area (Å²) in [6.45, 7) is 0.538.